The Balaban J connectivity index is 1.52. The number of carbonyl (C=O) groups is 1. The van der Waals surface area contributed by atoms with Crippen molar-refractivity contribution in [3.05, 3.63) is 51.0 Å². The van der Waals surface area contributed by atoms with Gasteiger partial charge in [-0.1, -0.05) is 37.1 Å². The van der Waals surface area contributed by atoms with Crippen molar-refractivity contribution in [2.45, 2.75) is 52.6 Å². The molecule has 1 aromatic carbocycles. The van der Waals surface area contributed by atoms with E-state index in [1.807, 2.05) is 13.8 Å². The molecule has 1 aliphatic heterocycles. The predicted octanol–water partition coefficient (Wildman–Crippen LogP) is 4.07. The summed E-state index contributed by atoms with van der Waals surface area (Å²) < 4.78 is 0. The highest BCUT2D eigenvalue weighted by molar-refractivity contribution is 7.13. The minimum Gasteiger partial charge on any atom is -0.347 e. The summed E-state index contributed by atoms with van der Waals surface area (Å²) in [6.45, 7) is 7.83. The van der Waals surface area contributed by atoms with E-state index < -0.39 is 0 Å². The Labute approximate surface area is 154 Å². The number of nitrogens with one attached hydrogen (secondary N) is 1. The van der Waals surface area contributed by atoms with Crippen LogP contribution in [0.2, 0.25) is 0 Å². The lowest BCUT2D eigenvalue weighted by molar-refractivity contribution is 0.0954. The van der Waals surface area contributed by atoms with Gasteiger partial charge in [0.05, 0.1) is 10.7 Å². The molecule has 1 aliphatic rings. The first-order valence-electron chi connectivity index (χ1n) is 9.14. The third kappa shape index (κ3) is 5.13. The lowest BCUT2D eigenvalue weighted by Crippen LogP contribution is -2.24. The van der Waals surface area contributed by atoms with Crippen LogP contribution < -0.4 is 5.32 Å². The maximum atomic E-state index is 12.3. The van der Waals surface area contributed by atoms with Crippen LogP contribution in [0.15, 0.2) is 24.3 Å². The minimum atomic E-state index is -0.0308. The third-order valence-electron chi connectivity index (χ3n) is 4.69. The van der Waals surface area contributed by atoms with E-state index in [0.717, 1.165) is 27.7 Å². The van der Waals surface area contributed by atoms with Crippen LogP contribution in [0.3, 0.4) is 0 Å². The van der Waals surface area contributed by atoms with E-state index >= 15 is 0 Å². The number of amides is 1. The molecule has 0 radical (unpaired) electrons. The van der Waals surface area contributed by atoms with Crippen molar-refractivity contribution in [3.63, 3.8) is 0 Å². The number of hydrogen-bond donors (Lipinski definition) is 1. The van der Waals surface area contributed by atoms with Crippen LogP contribution in [0.5, 0.6) is 0 Å². The zero-order valence-electron chi connectivity index (χ0n) is 15.2. The average molecular weight is 358 g/mol. The molecule has 4 nitrogen and oxygen atoms in total. The van der Waals surface area contributed by atoms with Crippen molar-refractivity contribution >= 4 is 17.2 Å². The molecule has 25 heavy (non-hydrogen) atoms. The molecule has 1 amide bonds. The molecule has 0 saturated carbocycles. The number of nitrogens with zero attached hydrogens (tertiary/aromatic N) is 2. The van der Waals surface area contributed by atoms with Gasteiger partial charge >= 0.3 is 0 Å². The molecule has 3 rings (SSSR count). The van der Waals surface area contributed by atoms with Gasteiger partial charge < -0.3 is 5.32 Å². The topological polar surface area (TPSA) is 45.2 Å². The molecular formula is C20H27N3OS. The summed E-state index contributed by atoms with van der Waals surface area (Å²) in [6, 6.07) is 8.62. The van der Waals surface area contributed by atoms with Crippen LogP contribution >= 0.6 is 11.3 Å². The van der Waals surface area contributed by atoms with Gasteiger partial charge in [-0.25, -0.2) is 4.98 Å². The highest BCUT2D eigenvalue weighted by Crippen LogP contribution is 2.17. The maximum absolute atomic E-state index is 12.3. The largest absolute Gasteiger partial charge is 0.347 e. The number of likely N-dealkylation sites (tertiary alicyclic amines) is 1. The van der Waals surface area contributed by atoms with E-state index in [2.05, 4.69) is 39.5 Å². The molecule has 0 bridgehead atoms. The van der Waals surface area contributed by atoms with Crippen LogP contribution in [0.1, 0.15) is 57.2 Å². The summed E-state index contributed by atoms with van der Waals surface area (Å²) >= 11 is 1.45. The van der Waals surface area contributed by atoms with Gasteiger partial charge in [-0.2, -0.15) is 0 Å². The van der Waals surface area contributed by atoms with Crippen molar-refractivity contribution in [1.29, 1.82) is 0 Å². The Hall–Kier alpha value is -1.72. The zero-order valence-corrected chi connectivity index (χ0v) is 16.0. The number of thiazole rings is 1. The van der Waals surface area contributed by atoms with Crippen LogP contribution in [-0.2, 0) is 13.1 Å². The van der Waals surface area contributed by atoms with Gasteiger partial charge in [-0.05, 0) is 50.9 Å². The fourth-order valence-electron chi connectivity index (χ4n) is 3.32. The molecule has 1 fully saturated rings. The molecule has 2 aromatic rings. The summed E-state index contributed by atoms with van der Waals surface area (Å²) in [7, 11) is 0. The molecule has 0 unspecified atom stereocenters. The fraction of sp³-hybridized carbons (Fsp3) is 0.500. The number of aryl methyl sites for hydroxylation is 2. The summed E-state index contributed by atoms with van der Waals surface area (Å²) in [5.41, 5.74) is 3.30. The van der Waals surface area contributed by atoms with Gasteiger partial charge in [0, 0.05) is 13.1 Å². The maximum Gasteiger partial charge on any atom is 0.263 e. The number of rotatable bonds is 5. The van der Waals surface area contributed by atoms with Gasteiger partial charge in [0.1, 0.15) is 4.88 Å². The van der Waals surface area contributed by atoms with Crippen molar-refractivity contribution in [2.75, 3.05) is 13.1 Å². The molecule has 0 spiro atoms. The second-order valence-corrected chi connectivity index (χ2v) is 8.04. The molecule has 1 N–H and O–H groups in total. The molecule has 0 aliphatic carbocycles. The van der Waals surface area contributed by atoms with Gasteiger partial charge in [-0.15, -0.1) is 11.3 Å². The molecule has 0 atom stereocenters. The molecule has 2 heterocycles. The van der Waals surface area contributed by atoms with Crippen molar-refractivity contribution in [1.82, 2.24) is 15.2 Å². The summed E-state index contributed by atoms with van der Waals surface area (Å²) in [5.74, 6) is -0.0308. The molecule has 1 aromatic heterocycles. The quantitative estimate of drug-likeness (QED) is 0.877. The molecule has 1 saturated heterocycles. The second kappa shape index (κ2) is 8.59. The lowest BCUT2D eigenvalue weighted by atomic mass is 10.1. The molecule has 134 valence electrons. The highest BCUT2D eigenvalue weighted by atomic mass is 32.1. The van der Waals surface area contributed by atoms with E-state index in [1.165, 1.54) is 55.7 Å². The van der Waals surface area contributed by atoms with Crippen LogP contribution in [0.25, 0.3) is 0 Å². The first-order chi connectivity index (χ1) is 12.1. The highest BCUT2D eigenvalue weighted by Gasteiger charge is 2.13. The Morgan fingerprint density at radius 3 is 2.32 bits per heavy atom. The second-order valence-electron chi connectivity index (χ2n) is 6.84. The number of carbonyl (C=O) groups excluding carboxylic acids is 1. The smallest absolute Gasteiger partial charge is 0.263 e. The summed E-state index contributed by atoms with van der Waals surface area (Å²) in [4.78, 5) is 19.9. The monoisotopic (exact) mass is 357 g/mol. The summed E-state index contributed by atoms with van der Waals surface area (Å²) in [5, 5.41) is 3.93. The Morgan fingerprint density at radius 2 is 1.72 bits per heavy atom. The van der Waals surface area contributed by atoms with Crippen LogP contribution in [0, 0.1) is 13.8 Å². The first-order valence-corrected chi connectivity index (χ1v) is 9.96. The van der Waals surface area contributed by atoms with Crippen molar-refractivity contribution < 1.29 is 4.79 Å². The number of hydrogen-bond acceptors (Lipinski definition) is 4. The van der Waals surface area contributed by atoms with Gasteiger partial charge in [-0.3, -0.25) is 9.69 Å². The van der Waals surface area contributed by atoms with Crippen molar-refractivity contribution in [2.24, 2.45) is 0 Å². The van der Waals surface area contributed by atoms with Crippen LogP contribution in [0.4, 0.5) is 0 Å². The number of aromatic nitrogens is 1. The minimum absolute atomic E-state index is 0.0308. The third-order valence-corrected chi connectivity index (χ3v) is 5.76. The number of benzene rings is 1. The molecule has 5 heteroatoms. The van der Waals surface area contributed by atoms with Crippen molar-refractivity contribution in [3.8, 4) is 0 Å². The predicted molar refractivity (Wildman–Crippen MR) is 103 cm³/mol. The Bertz CT molecular complexity index is 700. The lowest BCUT2D eigenvalue weighted by Gasteiger charge is -2.19. The van der Waals surface area contributed by atoms with Gasteiger partial charge in [0.25, 0.3) is 5.91 Å². The normalized spacial score (nSPS) is 15.8. The van der Waals surface area contributed by atoms with Gasteiger partial charge in [0.15, 0.2) is 0 Å². The van der Waals surface area contributed by atoms with Crippen LogP contribution in [-0.4, -0.2) is 28.9 Å². The fourth-order valence-corrected chi connectivity index (χ4v) is 4.16. The average Bonchev–Trinajstić information content (AvgIpc) is 2.79. The zero-order chi connectivity index (χ0) is 17.6. The molecular weight excluding hydrogens is 330 g/mol. The van der Waals surface area contributed by atoms with E-state index in [1.54, 1.807) is 0 Å². The van der Waals surface area contributed by atoms with Gasteiger partial charge in [0.2, 0.25) is 0 Å². The van der Waals surface area contributed by atoms with E-state index in [4.69, 9.17) is 0 Å². The van der Waals surface area contributed by atoms with E-state index in [9.17, 15) is 4.79 Å². The Morgan fingerprint density at radius 1 is 1.08 bits per heavy atom. The standard InChI is InChI=1S/C20H27N3OS/c1-15-19(25-16(2)22-15)20(24)21-13-17-7-9-18(10-8-17)14-23-11-5-3-4-6-12-23/h7-10H,3-6,11-14H2,1-2H3,(H,21,24). The Kier molecular flexibility index (Phi) is 6.21. The van der Waals surface area contributed by atoms with E-state index in [-0.39, 0.29) is 5.91 Å². The SMILES string of the molecule is Cc1nc(C)c(C(=O)NCc2ccc(CN3CCCCCC3)cc2)s1. The summed E-state index contributed by atoms with van der Waals surface area (Å²) in [6.07, 6.45) is 5.38. The van der Waals surface area contributed by atoms with E-state index in [0.29, 0.717) is 6.54 Å². The first kappa shape index (κ1) is 18.1.